The molecule has 2 aromatic carbocycles. The molecule has 3 rings (SSSR count). The summed E-state index contributed by atoms with van der Waals surface area (Å²) in [5.41, 5.74) is -0.372. The van der Waals surface area contributed by atoms with Gasteiger partial charge in [0.05, 0.1) is 5.92 Å². The molecular weight excluding hydrogens is 343 g/mol. The van der Waals surface area contributed by atoms with Gasteiger partial charge in [0.1, 0.15) is 5.69 Å². The molecule has 25 heavy (non-hydrogen) atoms. The Morgan fingerprint density at radius 3 is 2.00 bits per heavy atom. The first kappa shape index (κ1) is 17.1. The summed E-state index contributed by atoms with van der Waals surface area (Å²) in [7, 11) is 0. The van der Waals surface area contributed by atoms with E-state index in [-0.39, 0.29) is 17.1 Å². The largest absolute Gasteiger partial charge is 0.272 e. The smallest absolute Gasteiger partial charge is 0.256 e. The van der Waals surface area contributed by atoms with Crippen LogP contribution in [-0.4, -0.2) is 11.6 Å². The van der Waals surface area contributed by atoms with Gasteiger partial charge in [0.15, 0.2) is 23.3 Å². The second kappa shape index (κ2) is 6.27. The maximum absolute atomic E-state index is 13.9. The number of hydrazone groups is 1. The minimum Gasteiger partial charge on any atom is -0.272 e. The minimum atomic E-state index is -2.29. The van der Waals surface area contributed by atoms with Gasteiger partial charge >= 0.3 is 0 Å². The topological polar surface area (TPSA) is 32.7 Å². The summed E-state index contributed by atoms with van der Waals surface area (Å²) in [6, 6.07) is 8.79. The van der Waals surface area contributed by atoms with Crippen LogP contribution in [0.3, 0.4) is 0 Å². The molecule has 1 amide bonds. The van der Waals surface area contributed by atoms with Gasteiger partial charge in [-0.2, -0.15) is 10.1 Å². The number of rotatable bonds is 3. The van der Waals surface area contributed by atoms with Crippen molar-refractivity contribution in [2.45, 2.75) is 13.3 Å². The van der Waals surface area contributed by atoms with Crippen LogP contribution >= 0.6 is 0 Å². The number of benzene rings is 2. The van der Waals surface area contributed by atoms with Crippen LogP contribution in [0.2, 0.25) is 0 Å². The van der Waals surface area contributed by atoms with E-state index in [1.807, 2.05) is 0 Å². The molecule has 1 atom stereocenters. The van der Waals surface area contributed by atoms with Gasteiger partial charge in [-0.25, -0.2) is 22.0 Å². The third kappa shape index (κ3) is 2.77. The van der Waals surface area contributed by atoms with Crippen molar-refractivity contribution in [3.63, 3.8) is 0 Å². The van der Waals surface area contributed by atoms with Gasteiger partial charge in [-0.1, -0.05) is 30.3 Å². The standard InChI is InChI=1S/C17H11F5N2O/c1-8-10(7-9-5-3-2-4-6-9)17(25)24(23-8)16-14(21)12(19)11(18)13(20)15(16)22/h2-6,10H,7H2,1H3/t10-/m0/s1. The predicted molar refractivity (Wildman–Crippen MR) is 80.5 cm³/mol. The summed E-state index contributed by atoms with van der Waals surface area (Å²) in [6.45, 7) is 1.46. The predicted octanol–water partition coefficient (Wildman–Crippen LogP) is 3.96. The summed E-state index contributed by atoms with van der Waals surface area (Å²) in [4.78, 5) is 12.5. The maximum Gasteiger partial charge on any atom is 0.256 e. The van der Waals surface area contributed by atoms with Crippen molar-refractivity contribution in [2.24, 2.45) is 11.0 Å². The van der Waals surface area contributed by atoms with Crippen LogP contribution in [0.4, 0.5) is 27.6 Å². The number of carbonyl (C=O) groups is 1. The molecule has 0 unspecified atom stereocenters. The second-order valence-electron chi connectivity index (χ2n) is 5.55. The molecule has 3 nitrogen and oxygen atoms in total. The Labute approximate surface area is 139 Å². The van der Waals surface area contributed by atoms with Gasteiger partial charge in [-0.05, 0) is 18.9 Å². The Morgan fingerprint density at radius 1 is 0.920 bits per heavy atom. The molecule has 1 aliphatic heterocycles. The molecule has 130 valence electrons. The van der Waals surface area contributed by atoms with Gasteiger partial charge in [-0.3, -0.25) is 4.79 Å². The molecule has 0 aliphatic carbocycles. The van der Waals surface area contributed by atoms with Crippen molar-refractivity contribution in [2.75, 3.05) is 5.01 Å². The molecule has 0 aromatic heterocycles. The molecule has 2 aromatic rings. The fourth-order valence-electron chi connectivity index (χ4n) is 2.63. The van der Waals surface area contributed by atoms with E-state index in [1.54, 1.807) is 30.3 Å². The Bertz CT molecular complexity index is 853. The van der Waals surface area contributed by atoms with Crippen LogP contribution < -0.4 is 5.01 Å². The second-order valence-corrected chi connectivity index (χ2v) is 5.55. The van der Waals surface area contributed by atoms with E-state index < -0.39 is 46.6 Å². The first-order valence-corrected chi connectivity index (χ1v) is 7.27. The van der Waals surface area contributed by atoms with E-state index in [0.717, 1.165) is 5.56 Å². The van der Waals surface area contributed by atoms with Crippen molar-refractivity contribution < 1.29 is 26.7 Å². The number of nitrogens with zero attached hydrogens (tertiary/aromatic N) is 2. The van der Waals surface area contributed by atoms with E-state index in [4.69, 9.17) is 0 Å². The lowest BCUT2D eigenvalue weighted by molar-refractivity contribution is -0.119. The quantitative estimate of drug-likeness (QED) is 0.466. The van der Waals surface area contributed by atoms with Gasteiger partial charge < -0.3 is 0 Å². The zero-order chi connectivity index (χ0) is 18.3. The average molecular weight is 354 g/mol. The molecule has 0 fully saturated rings. The molecule has 0 radical (unpaired) electrons. The van der Waals surface area contributed by atoms with E-state index in [0.29, 0.717) is 0 Å². The third-order valence-corrected chi connectivity index (χ3v) is 3.95. The SMILES string of the molecule is CC1=NN(c2c(F)c(F)c(F)c(F)c2F)C(=O)[C@H]1Cc1ccccc1. The van der Waals surface area contributed by atoms with Crippen LogP contribution in [-0.2, 0) is 11.2 Å². The summed E-state index contributed by atoms with van der Waals surface area (Å²) >= 11 is 0. The van der Waals surface area contributed by atoms with Crippen molar-refractivity contribution in [1.29, 1.82) is 0 Å². The third-order valence-electron chi connectivity index (χ3n) is 3.95. The van der Waals surface area contributed by atoms with Crippen molar-refractivity contribution in [3.8, 4) is 0 Å². The zero-order valence-electron chi connectivity index (χ0n) is 12.9. The number of amides is 1. The number of hydrogen-bond acceptors (Lipinski definition) is 2. The zero-order valence-corrected chi connectivity index (χ0v) is 12.9. The highest BCUT2D eigenvalue weighted by Crippen LogP contribution is 2.34. The lowest BCUT2D eigenvalue weighted by Crippen LogP contribution is -2.30. The Morgan fingerprint density at radius 2 is 1.44 bits per heavy atom. The monoisotopic (exact) mass is 354 g/mol. The van der Waals surface area contributed by atoms with Gasteiger partial charge in [-0.15, -0.1) is 0 Å². The summed E-state index contributed by atoms with van der Waals surface area (Å²) in [5.74, 6) is -12.4. The van der Waals surface area contributed by atoms with Crippen LogP contribution in [0.5, 0.6) is 0 Å². The summed E-state index contributed by atoms with van der Waals surface area (Å²) < 4.78 is 67.8. The summed E-state index contributed by atoms with van der Waals surface area (Å²) in [5, 5.41) is 3.96. The average Bonchev–Trinajstić information content (AvgIpc) is 2.87. The van der Waals surface area contributed by atoms with Gasteiger partial charge in [0.2, 0.25) is 5.82 Å². The minimum absolute atomic E-state index is 0.195. The number of carbonyl (C=O) groups excluding carboxylic acids is 1. The molecule has 0 saturated heterocycles. The normalized spacial score (nSPS) is 17.2. The van der Waals surface area contributed by atoms with Crippen molar-refractivity contribution in [3.05, 3.63) is 65.0 Å². The van der Waals surface area contributed by atoms with E-state index in [2.05, 4.69) is 5.10 Å². The molecule has 1 aliphatic rings. The highest BCUT2D eigenvalue weighted by molar-refractivity contribution is 6.15. The van der Waals surface area contributed by atoms with Gasteiger partial charge in [0.25, 0.3) is 5.91 Å². The van der Waals surface area contributed by atoms with Gasteiger partial charge in [0, 0.05) is 5.71 Å². The first-order chi connectivity index (χ1) is 11.8. The number of hydrogen-bond donors (Lipinski definition) is 0. The Kier molecular flexibility index (Phi) is 4.28. The Balaban J connectivity index is 2.00. The first-order valence-electron chi connectivity index (χ1n) is 7.27. The van der Waals surface area contributed by atoms with Crippen molar-refractivity contribution >= 4 is 17.3 Å². The fraction of sp³-hybridized carbons (Fsp3) is 0.176. The molecule has 0 N–H and O–H groups in total. The molecule has 0 saturated carbocycles. The maximum atomic E-state index is 13.9. The lowest BCUT2D eigenvalue weighted by Gasteiger charge is -2.16. The van der Waals surface area contributed by atoms with Crippen LogP contribution in [0.1, 0.15) is 12.5 Å². The van der Waals surface area contributed by atoms with E-state index in [9.17, 15) is 26.7 Å². The molecule has 0 bridgehead atoms. The lowest BCUT2D eigenvalue weighted by atomic mass is 9.95. The molecule has 0 spiro atoms. The molecule has 1 heterocycles. The van der Waals surface area contributed by atoms with E-state index >= 15 is 0 Å². The van der Waals surface area contributed by atoms with Crippen LogP contribution in [0, 0.1) is 35.0 Å². The number of halogens is 5. The highest BCUT2D eigenvalue weighted by Gasteiger charge is 2.39. The Hall–Kier alpha value is -2.77. The molecular formula is C17H11F5N2O. The van der Waals surface area contributed by atoms with Crippen LogP contribution in [0.25, 0.3) is 0 Å². The number of anilines is 1. The fourth-order valence-corrected chi connectivity index (χ4v) is 2.63. The van der Waals surface area contributed by atoms with Crippen molar-refractivity contribution in [1.82, 2.24) is 0 Å². The van der Waals surface area contributed by atoms with E-state index in [1.165, 1.54) is 6.92 Å². The molecule has 8 heteroatoms. The van der Waals surface area contributed by atoms with Crippen LogP contribution in [0.15, 0.2) is 35.4 Å². The highest BCUT2D eigenvalue weighted by atomic mass is 19.2. The summed E-state index contributed by atoms with van der Waals surface area (Å²) in [6.07, 6.45) is 0.195.